The molecule has 5 nitrogen and oxygen atoms in total. The molecule has 0 bridgehead atoms. The van der Waals surface area contributed by atoms with Crippen molar-refractivity contribution in [1.82, 2.24) is 0 Å². The van der Waals surface area contributed by atoms with E-state index in [1.54, 1.807) is 49.6 Å². The SMILES string of the molecule is COc1ccc(N2C(=O)/C(=C/c3ccc(O)cc3)OC2=S)cc1. The molecule has 1 saturated heterocycles. The molecule has 1 fully saturated rings. The average Bonchev–Trinajstić information content (AvgIpc) is 2.84. The lowest BCUT2D eigenvalue weighted by atomic mass is 10.2. The van der Waals surface area contributed by atoms with E-state index in [0.29, 0.717) is 11.4 Å². The van der Waals surface area contributed by atoms with Gasteiger partial charge < -0.3 is 14.6 Å². The summed E-state index contributed by atoms with van der Waals surface area (Å²) in [5.41, 5.74) is 1.33. The molecule has 6 heteroatoms. The minimum Gasteiger partial charge on any atom is -0.508 e. The monoisotopic (exact) mass is 327 g/mol. The van der Waals surface area contributed by atoms with Gasteiger partial charge in [-0.3, -0.25) is 4.79 Å². The Hall–Kier alpha value is -2.86. The van der Waals surface area contributed by atoms with Crippen molar-refractivity contribution in [3.63, 3.8) is 0 Å². The van der Waals surface area contributed by atoms with Gasteiger partial charge in [0.1, 0.15) is 11.5 Å². The van der Waals surface area contributed by atoms with E-state index in [2.05, 4.69) is 0 Å². The first-order valence-electron chi connectivity index (χ1n) is 6.79. The number of thiocarbonyl (C=S) groups is 1. The summed E-state index contributed by atoms with van der Waals surface area (Å²) in [5, 5.41) is 9.36. The van der Waals surface area contributed by atoms with Crippen LogP contribution >= 0.6 is 12.2 Å². The first-order chi connectivity index (χ1) is 11.1. The van der Waals surface area contributed by atoms with E-state index < -0.39 is 0 Å². The van der Waals surface area contributed by atoms with Crippen LogP contribution in [0.3, 0.4) is 0 Å². The number of benzene rings is 2. The standard InChI is InChI=1S/C17H13NO4S/c1-21-14-8-4-12(5-9-14)18-16(20)15(22-17(18)23)10-11-2-6-13(19)7-3-11/h2-10,19H,1H3/b15-10-. The molecule has 1 amide bonds. The number of phenols is 1. The van der Waals surface area contributed by atoms with Gasteiger partial charge >= 0.3 is 5.91 Å². The van der Waals surface area contributed by atoms with Gasteiger partial charge in [0, 0.05) is 0 Å². The van der Waals surface area contributed by atoms with Crippen LogP contribution in [0.4, 0.5) is 5.69 Å². The zero-order chi connectivity index (χ0) is 16.4. The third-order valence-electron chi connectivity index (χ3n) is 3.32. The van der Waals surface area contributed by atoms with Gasteiger partial charge in [-0.15, -0.1) is 0 Å². The number of nitrogens with zero attached hydrogens (tertiary/aromatic N) is 1. The van der Waals surface area contributed by atoms with E-state index in [1.807, 2.05) is 0 Å². The second-order valence-corrected chi connectivity index (χ2v) is 5.16. The molecule has 23 heavy (non-hydrogen) atoms. The zero-order valence-electron chi connectivity index (χ0n) is 12.2. The maximum absolute atomic E-state index is 12.5. The highest BCUT2D eigenvalue weighted by atomic mass is 32.1. The second kappa shape index (κ2) is 6.10. The molecule has 1 N–H and O–H groups in total. The van der Waals surface area contributed by atoms with E-state index in [4.69, 9.17) is 21.7 Å². The molecule has 1 aliphatic rings. The second-order valence-electron chi connectivity index (χ2n) is 4.81. The summed E-state index contributed by atoms with van der Waals surface area (Å²) >= 11 is 5.15. The fourth-order valence-corrected chi connectivity index (χ4v) is 2.42. The number of phenolic OH excluding ortho intramolecular Hbond substituents is 1. The van der Waals surface area contributed by atoms with Gasteiger partial charge in [-0.1, -0.05) is 12.1 Å². The van der Waals surface area contributed by atoms with Crippen LogP contribution in [0.25, 0.3) is 6.08 Å². The molecule has 0 spiro atoms. The number of amides is 1. The van der Waals surface area contributed by atoms with Crippen LogP contribution in [0.5, 0.6) is 11.5 Å². The van der Waals surface area contributed by atoms with Crippen LogP contribution in [0.2, 0.25) is 0 Å². The number of anilines is 1. The molecule has 0 aliphatic carbocycles. The van der Waals surface area contributed by atoms with Gasteiger partial charge in [0.2, 0.25) is 0 Å². The van der Waals surface area contributed by atoms with Crippen LogP contribution in [0, 0.1) is 0 Å². The lowest BCUT2D eigenvalue weighted by molar-refractivity contribution is -0.114. The first kappa shape index (κ1) is 15.1. The normalized spacial score (nSPS) is 15.9. The number of carbonyl (C=O) groups is 1. The minimum absolute atomic E-state index is 0.0743. The fourth-order valence-electron chi connectivity index (χ4n) is 2.14. The average molecular weight is 327 g/mol. The highest BCUT2D eigenvalue weighted by Gasteiger charge is 2.34. The molecule has 2 aromatic rings. The predicted octanol–water partition coefficient (Wildman–Crippen LogP) is 3.09. The third-order valence-corrected chi connectivity index (χ3v) is 3.58. The Labute approximate surface area is 138 Å². The highest BCUT2D eigenvalue weighted by Crippen LogP contribution is 2.28. The molecule has 1 heterocycles. The molecule has 0 aromatic heterocycles. The predicted molar refractivity (Wildman–Crippen MR) is 90.2 cm³/mol. The first-order valence-corrected chi connectivity index (χ1v) is 7.20. The van der Waals surface area contributed by atoms with Crippen molar-refractivity contribution in [2.45, 2.75) is 0 Å². The lowest BCUT2D eigenvalue weighted by Crippen LogP contribution is -2.27. The van der Waals surface area contributed by atoms with Gasteiger partial charge in [0.25, 0.3) is 5.17 Å². The lowest BCUT2D eigenvalue weighted by Gasteiger charge is -2.12. The molecule has 116 valence electrons. The van der Waals surface area contributed by atoms with Crippen molar-refractivity contribution in [1.29, 1.82) is 0 Å². The van der Waals surface area contributed by atoms with E-state index in [9.17, 15) is 9.90 Å². The molecule has 0 radical (unpaired) electrons. The molecular formula is C17H13NO4S. The molecule has 0 unspecified atom stereocenters. The van der Waals surface area contributed by atoms with Gasteiger partial charge in [-0.25, -0.2) is 4.90 Å². The topological polar surface area (TPSA) is 59.0 Å². The number of carbonyl (C=O) groups excluding carboxylic acids is 1. The number of hydrogen-bond acceptors (Lipinski definition) is 5. The van der Waals surface area contributed by atoms with E-state index in [1.165, 1.54) is 17.0 Å². The smallest absolute Gasteiger partial charge is 0.301 e. The molecule has 0 atom stereocenters. The maximum Gasteiger partial charge on any atom is 0.301 e. The largest absolute Gasteiger partial charge is 0.508 e. The van der Waals surface area contributed by atoms with Crippen molar-refractivity contribution in [2.24, 2.45) is 0 Å². The fraction of sp³-hybridized carbons (Fsp3) is 0.0588. The number of rotatable bonds is 3. The van der Waals surface area contributed by atoms with Crippen molar-refractivity contribution < 1.29 is 19.4 Å². The van der Waals surface area contributed by atoms with E-state index in [-0.39, 0.29) is 22.6 Å². The zero-order valence-corrected chi connectivity index (χ0v) is 13.0. The van der Waals surface area contributed by atoms with Gasteiger partial charge in [-0.05, 0) is 60.3 Å². The van der Waals surface area contributed by atoms with Crippen LogP contribution in [0.15, 0.2) is 54.3 Å². The van der Waals surface area contributed by atoms with Gasteiger partial charge in [0.15, 0.2) is 5.76 Å². The number of aromatic hydroxyl groups is 1. The van der Waals surface area contributed by atoms with E-state index in [0.717, 1.165) is 5.56 Å². The summed E-state index contributed by atoms with van der Waals surface area (Å²) in [7, 11) is 1.57. The van der Waals surface area contributed by atoms with Gasteiger partial charge in [0.05, 0.1) is 12.8 Å². The summed E-state index contributed by atoms with van der Waals surface area (Å²) in [4.78, 5) is 13.8. The molecular weight excluding hydrogens is 314 g/mol. The Morgan fingerprint density at radius 3 is 2.39 bits per heavy atom. The number of ether oxygens (including phenoxy) is 2. The number of hydrogen-bond donors (Lipinski definition) is 1. The minimum atomic E-state index is -0.340. The summed E-state index contributed by atoms with van der Waals surface area (Å²) in [6.07, 6.45) is 1.58. The van der Waals surface area contributed by atoms with Crippen molar-refractivity contribution in [2.75, 3.05) is 12.0 Å². The Kier molecular flexibility index (Phi) is 3.99. The van der Waals surface area contributed by atoms with Crippen LogP contribution in [-0.4, -0.2) is 23.3 Å². The summed E-state index contributed by atoms with van der Waals surface area (Å²) in [6, 6.07) is 13.4. The molecule has 1 aliphatic heterocycles. The Morgan fingerprint density at radius 1 is 1.13 bits per heavy atom. The van der Waals surface area contributed by atoms with Crippen LogP contribution in [-0.2, 0) is 9.53 Å². The van der Waals surface area contributed by atoms with Crippen LogP contribution < -0.4 is 9.64 Å². The Bertz CT molecular complexity index is 781. The van der Waals surface area contributed by atoms with Crippen molar-refractivity contribution in [3.05, 3.63) is 59.9 Å². The maximum atomic E-state index is 12.5. The Morgan fingerprint density at radius 2 is 1.78 bits per heavy atom. The van der Waals surface area contributed by atoms with E-state index >= 15 is 0 Å². The van der Waals surface area contributed by atoms with Crippen molar-refractivity contribution >= 4 is 35.1 Å². The van der Waals surface area contributed by atoms with Crippen LogP contribution in [0.1, 0.15) is 5.56 Å². The summed E-state index contributed by atoms with van der Waals surface area (Å²) < 4.78 is 10.5. The third kappa shape index (κ3) is 3.02. The van der Waals surface area contributed by atoms with Gasteiger partial charge in [-0.2, -0.15) is 0 Å². The molecule has 3 rings (SSSR count). The Balaban J connectivity index is 1.88. The molecule has 0 saturated carbocycles. The quantitative estimate of drug-likeness (QED) is 0.693. The highest BCUT2D eigenvalue weighted by molar-refractivity contribution is 7.80. The molecule has 2 aromatic carbocycles. The summed E-state index contributed by atoms with van der Waals surface area (Å²) in [6.45, 7) is 0. The summed E-state index contributed by atoms with van der Waals surface area (Å²) in [5.74, 6) is 0.637. The van der Waals surface area contributed by atoms with Crippen molar-refractivity contribution in [3.8, 4) is 11.5 Å². The number of methoxy groups -OCH3 is 1.